The van der Waals surface area contributed by atoms with Gasteiger partial charge >= 0.3 is 0 Å². The smallest absolute Gasteiger partial charge is 0.148 e. The monoisotopic (exact) mass is 222 g/mol. The van der Waals surface area contributed by atoms with Crippen molar-refractivity contribution < 1.29 is 0 Å². The van der Waals surface area contributed by atoms with Crippen molar-refractivity contribution in [2.45, 2.75) is 52.6 Å². The molecule has 0 radical (unpaired) electrons. The summed E-state index contributed by atoms with van der Waals surface area (Å²) in [6.45, 7) is 7.30. The lowest BCUT2D eigenvalue weighted by Crippen LogP contribution is -2.12. The van der Waals surface area contributed by atoms with Gasteiger partial charge in [-0.3, -0.25) is 0 Å². The van der Waals surface area contributed by atoms with Gasteiger partial charge in [-0.25, -0.2) is 4.68 Å². The maximum absolute atomic E-state index is 6.05. The summed E-state index contributed by atoms with van der Waals surface area (Å²) in [4.78, 5) is 0. The van der Waals surface area contributed by atoms with Crippen LogP contribution in [0.3, 0.4) is 0 Å². The van der Waals surface area contributed by atoms with E-state index in [0.717, 1.165) is 36.1 Å². The molecule has 4 heteroatoms. The Kier molecular flexibility index (Phi) is 3.08. The largest absolute Gasteiger partial charge is 0.394 e. The molecule has 0 bridgehead atoms. The first kappa shape index (κ1) is 11.3. The molecule has 1 aliphatic carbocycles. The number of nitrogens with two attached hydrogens (primary N) is 1. The first-order valence-electron chi connectivity index (χ1n) is 6.26. The zero-order valence-corrected chi connectivity index (χ0v) is 10.5. The van der Waals surface area contributed by atoms with Crippen LogP contribution in [0.4, 0.5) is 11.5 Å². The van der Waals surface area contributed by atoms with Gasteiger partial charge in [-0.2, -0.15) is 5.10 Å². The lowest BCUT2D eigenvalue weighted by Gasteiger charge is -2.09. The summed E-state index contributed by atoms with van der Waals surface area (Å²) in [5, 5.41) is 8.00. The van der Waals surface area contributed by atoms with Crippen LogP contribution in [0.5, 0.6) is 0 Å². The molecule has 0 aromatic carbocycles. The van der Waals surface area contributed by atoms with Crippen LogP contribution in [-0.2, 0) is 6.54 Å². The van der Waals surface area contributed by atoms with Gasteiger partial charge in [-0.15, -0.1) is 0 Å². The molecular weight excluding hydrogens is 200 g/mol. The van der Waals surface area contributed by atoms with Gasteiger partial charge in [0.05, 0.1) is 11.4 Å². The van der Waals surface area contributed by atoms with E-state index in [1.165, 1.54) is 12.8 Å². The molecule has 1 aliphatic rings. The number of nitrogens with one attached hydrogen (secondary N) is 1. The normalized spacial score (nSPS) is 23.4. The summed E-state index contributed by atoms with van der Waals surface area (Å²) in [6.07, 6.45) is 3.60. The van der Waals surface area contributed by atoms with Crippen LogP contribution in [0, 0.1) is 12.8 Å². The van der Waals surface area contributed by atoms with E-state index in [1.807, 2.05) is 11.6 Å². The average molecular weight is 222 g/mol. The van der Waals surface area contributed by atoms with Crippen LogP contribution < -0.4 is 11.1 Å². The van der Waals surface area contributed by atoms with Crippen LogP contribution >= 0.6 is 0 Å². The predicted molar refractivity (Wildman–Crippen MR) is 67.5 cm³/mol. The minimum atomic E-state index is 0.610. The van der Waals surface area contributed by atoms with Crippen LogP contribution in [-0.4, -0.2) is 15.8 Å². The van der Waals surface area contributed by atoms with Crippen molar-refractivity contribution in [1.82, 2.24) is 9.78 Å². The molecule has 2 atom stereocenters. The molecule has 90 valence electrons. The van der Waals surface area contributed by atoms with Gasteiger partial charge in [0.1, 0.15) is 5.82 Å². The van der Waals surface area contributed by atoms with Gasteiger partial charge in [-0.1, -0.05) is 20.3 Å². The zero-order chi connectivity index (χ0) is 11.7. The van der Waals surface area contributed by atoms with Crippen molar-refractivity contribution in [2.75, 3.05) is 11.1 Å². The van der Waals surface area contributed by atoms with Gasteiger partial charge in [0, 0.05) is 12.6 Å². The first-order chi connectivity index (χ1) is 7.67. The minimum Gasteiger partial charge on any atom is -0.394 e. The molecule has 0 aliphatic heterocycles. The molecule has 1 saturated carbocycles. The van der Waals surface area contributed by atoms with Gasteiger partial charge < -0.3 is 11.1 Å². The minimum absolute atomic E-state index is 0.610. The fraction of sp³-hybridized carbons (Fsp3) is 0.750. The molecular formula is C12H22N4. The average Bonchev–Trinajstić information content (AvgIpc) is 2.97. The van der Waals surface area contributed by atoms with E-state index in [9.17, 15) is 0 Å². The van der Waals surface area contributed by atoms with Crippen LogP contribution in [0.25, 0.3) is 0 Å². The molecule has 2 unspecified atom stereocenters. The fourth-order valence-corrected chi connectivity index (χ4v) is 2.17. The van der Waals surface area contributed by atoms with Crippen molar-refractivity contribution in [2.24, 2.45) is 5.92 Å². The Morgan fingerprint density at radius 3 is 2.81 bits per heavy atom. The molecule has 1 heterocycles. The molecule has 0 amide bonds. The molecule has 3 N–H and O–H groups in total. The molecule has 16 heavy (non-hydrogen) atoms. The van der Waals surface area contributed by atoms with Gasteiger partial charge in [0.25, 0.3) is 0 Å². The van der Waals surface area contributed by atoms with Crippen molar-refractivity contribution in [3.63, 3.8) is 0 Å². The van der Waals surface area contributed by atoms with E-state index in [1.54, 1.807) is 0 Å². The van der Waals surface area contributed by atoms with Gasteiger partial charge in [-0.05, 0) is 25.7 Å². The fourth-order valence-electron chi connectivity index (χ4n) is 2.17. The molecule has 4 nitrogen and oxygen atoms in total. The number of aryl methyl sites for hydroxylation is 2. The third-order valence-electron chi connectivity index (χ3n) is 3.38. The first-order valence-corrected chi connectivity index (χ1v) is 6.26. The highest BCUT2D eigenvalue weighted by Gasteiger charge is 2.36. The van der Waals surface area contributed by atoms with Crippen molar-refractivity contribution >= 4 is 11.5 Å². The number of rotatable bonds is 5. The Morgan fingerprint density at radius 2 is 2.25 bits per heavy atom. The Labute approximate surface area is 97.2 Å². The second-order valence-electron chi connectivity index (χ2n) is 4.73. The topological polar surface area (TPSA) is 55.9 Å². The number of hydrogen-bond donors (Lipinski definition) is 2. The summed E-state index contributed by atoms with van der Waals surface area (Å²) in [6, 6.07) is 0.610. The summed E-state index contributed by atoms with van der Waals surface area (Å²) in [5.74, 6) is 1.85. The SMILES string of the molecule is CCCn1nc(C)c(N)c1NC1CC1CC. The standard InChI is InChI=1S/C12H22N4/c1-4-6-16-12(11(13)8(3)15-16)14-10-7-9(10)5-2/h9-10,14H,4-7,13H2,1-3H3. The second kappa shape index (κ2) is 4.36. The van der Waals surface area contributed by atoms with Crippen molar-refractivity contribution in [3.05, 3.63) is 5.69 Å². The number of aromatic nitrogens is 2. The van der Waals surface area contributed by atoms with Crippen LogP contribution in [0.2, 0.25) is 0 Å². The van der Waals surface area contributed by atoms with Crippen molar-refractivity contribution in [3.8, 4) is 0 Å². The zero-order valence-electron chi connectivity index (χ0n) is 10.5. The number of anilines is 2. The van der Waals surface area contributed by atoms with E-state index in [0.29, 0.717) is 6.04 Å². The molecule has 1 aromatic heterocycles. The van der Waals surface area contributed by atoms with E-state index in [2.05, 4.69) is 24.3 Å². The highest BCUT2D eigenvalue weighted by atomic mass is 15.3. The Bertz CT molecular complexity index is 369. The van der Waals surface area contributed by atoms with Gasteiger partial charge in [0.2, 0.25) is 0 Å². The molecule has 0 saturated heterocycles. The second-order valence-corrected chi connectivity index (χ2v) is 4.73. The summed E-state index contributed by atoms with van der Waals surface area (Å²) in [5.41, 5.74) is 7.80. The molecule has 1 fully saturated rings. The third kappa shape index (κ3) is 2.01. The van der Waals surface area contributed by atoms with E-state index in [4.69, 9.17) is 5.73 Å². The van der Waals surface area contributed by atoms with Crippen LogP contribution in [0.15, 0.2) is 0 Å². The Morgan fingerprint density at radius 1 is 1.50 bits per heavy atom. The lowest BCUT2D eigenvalue weighted by molar-refractivity contribution is 0.601. The van der Waals surface area contributed by atoms with E-state index >= 15 is 0 Å². The maximum atomic E-state index is 6.05. The molecule has 2 rings (SSSR count). The van der Waals surface area contributed by atoms with Crippen LogP contribution in [0.1, 0.15) is 38.8 Å². The predicted octanol–water partition coefficient (Wildman–Crippen LogP) is 2.39. The van der Waals surface area contributed by atoms with Gasteiger partial charge in [0.15, 0.2) is 0 Å². The number of hydrogen-bond acceptors (Lipinski definition) is 3. The highest BCUT2D eigenvalue weighted by molar-refractivity contribution is 5.65. The number of nitrogen functional groups attached to an aromatic ring is 1. The Balaban J connectivity index is 2.12. The van der Waals surface area contributed by atoms with E-state index in [-0.39, 0.29) is 0 Å². The molecule has 1 aromatic rings. The maximum Gasteiger partial charge on any atom is 0.148 e. The summed E-state index contributed by atoms with van der Waals surface area (Å²) < 4.78 is 2.01. The van der Waals surface area contributed by atoms with E-state index < -0.39 is 0 Å². The third-order valence-corrected chi connectivity index (χ3v) is 3.38. The molecule has 0 spiro atoms. The Hall–Kier alpha value is -1.19. The summed E-state index contributed by atoms with van der Waals surface area (Å²) >= 11 is 0. The summed E-state index contributed by atoms with van der Waals surface area (Å²) in [7, 11) is 0. The lowest BCUT2D eigenvalue weighted by atomic mass is 10.3. The van der Waals surface area contributed by atoms with Crippen molar-refractivity contribution in [1.29, 1.82) is 0 Å². The quantitative estimate of drug-likeness (QED) is 0.804. The highest BCUT2D eigenvalue weighted by Crippen LogP contribution is 2.37. The number of nitrogens with zero attached hydrogens (tertiary/aromatic N) is 2.